The average Bonchev–Trinajstić information content (AvgIpc) is 2.81. The van der Waals surface area contributed by atoms with Crippen molar-refractivity contribution in [3.63, 3.8) is 0 Å². The molecule has 98 valence electrons. The van der Waals surface area contributed by atoms with Crippen LogP contribution in [0.15, 0.2) is 18.2 Å². The highest BCUT2D eigenvalue weighted by atomic mass is 16.3. The molecule has 1 aliphatic heterocycles. The second-order valence-electron chi connectivity index (χ2n) is 4.97. The molecule has 1 heterocycles. The van der Waals surface area contributed by atoms with Gasteiger partial charge >= 0.3 is 0 Å². The summed E-state index contributed by atoms with van der Waals surface area (Å²) in [6, 6.07) is 4.69. The van der Waals surface area contributed by atoms with Crippen molar-refractivity contribution in [3.8, 4) is 5.75 Å². The van der Waals surface area contributed by atoms with E-state index in [1.807, 2.05) is 4.90 Å². The molecule has 0 bridgehead atoms. The number of phenols is 1. The van der Waals surface area contributed by atoms with Gasteiger partial charge in [-0.3, -0.25) is 4.79 Å². The first-order chi connectivity index (χ1) is 8.61. The number of phenolic OH excluding ortho intramolecular Hbond substituents is 1. The number of likely N-dealkylation sites (tertiary alicyclic amines) is 1. The second kappa shape index (κ2) is 5.29. The van der Waals surface area contributed by atoms with E-state index < -0.39 is 0 Å². The standard InChI is InChI=1S/C14H20N2O2/c1-2-3-10-6-7-16(9-10)14(18)11-4-5-12(15)13(17)8-11/h4-5,8,10,17H,2-3,6-7,9,15H2,1H3. The Morgan fingerprint density at radius 1 is 1.56 bits per heavy atom. The molecule has 1 fully saturated rings. The number of nitrogen functional groups attached to an aromatic ring is 1. The molecule has 1 aromatic rings. The molecule has 2 rings (SSSR count). The summed E-state index contributed by atoms with van der Waals surface area (Å²) in [6.45, 7) is 3.81. The fraction of sp³-hybridized carbons (Fsp3) is 0.500. The molecule has 1 saturated heterocycles. The van der Waals surface area contributed by atoms with Crippen LogP contribution in [-0.4, -0.2) is 29.0 Å². The zero-order valence-corrected chi connectivity index (χ0v) is 10.7. The predicted octanol–water partition coefficient (Wildman–Crippen LogP) is 2.24. The highest BCUT2D eigenvalue weighted by Gasteiger charge is 2.26. The summed E-state index contributed by atoms with van der Waals surface area (Å²) in [5.41, 5.74) is 6.34. The fourth-order valence-corrected chi connectivity index (χ4v) is 2.52. The Balaban J connectivity index is 2.05. The van der Waals surface area contributed by atoms with Crippen molar-refractivity contribution in [1.29, 1.82) is 0 Å². The van der Waals surface area contributed by atoms with Crippen LogP contribution in [0.1, 0.15) is 36.5 Å². The molecular weight excluding hydrogens is 228 g/mol. The van der Waals surface area contributed by atoms with Gasteiger partial charge in [-0.1, -0.05) is 13.3 Å². The third-order valence-electron chi connectivity index (χ3n) is 3.55. The molecule has 1 aliphatic rings. The van der Waals surface area contributed by atoms with Crippen LogP contribution in [0.3, 0.4) is 0 Å². The van der Waals surface area contributed by atoms with Crippen molar-refractivity contribution in [2.45, 2.75) is 26.2 Å². The number of rotatable bonds is 3. The monoisotopic (exact) mass is 248 g/mol. The van der Waals surface area contributed by atoms with Gasteiger partial charge in [0, 0.05) is 18.7 Å². The number of amides is 1. The summed E-state index contributed by atoms with van der Waals surface area (Å²) in [5.74, 6) is 0.593. The van der Waals surface area contributed by atoms with Crippen LogP contribution in [0.2, 0.25) is 0 Å². The van der Waals surface area contributed by atoms with Crippen LogP contribution in [0, 0.1) is 5.92 Å². The Labute approximate surface area is 107 Å². The Kier molecular flexibility index (Phi) is 3.75. The summed E-state index contributed by atoms with van der Waals surface area (Å²) in [5, 5.41) is 9.53. The van der Waals surface area contributed by atoms with Gasteiger partial charge in [0.2, 0.25) is 0 Å². The van der Waals surface area contributed by atoms with Crippen LogP contribution in [0.4, 0.5) is 5.69 Å². The molecule has 18 heavy (non-hydrogen) atoms. The molecule has 0 aliphatic carbocycles. The molecular formula is C14H20N2O2. The SMILES string of the molecule is CCCC1CCN(C(=O)c2ccc(N)c(O)c2)C1. The van der Waals surface area contributed by atoms with Gasteiger partial charge < -0.3 is 15.7 Å². The summed E-state index contributed by atoms with van der Waals surface area (Å²) in [7, 11) is 0. The van der Waals surface area contributed by atoms with E-state index in [9.17, 15) is 9.90 Å². The average molecular weight is 248 g/mol. The Hall–Kier alpha value is -1.71. The van der Waals surface area contributed by atoms with Crippen molar-refractivity contribution in [2.24, 2.45) is 5.92 Å². The third-order valence-corrected chi connectivity index (χ3v) is 3.55. The Bertz CT molecular complexity index is 445. The normalized spacial score (nSPS) is 19.2. The highest BCUT2D eigenvalue weighted by Crippen LogP contribution is 2.25. The number of hydrogen-bond acceptors (Lipinski definition) is 3. The molecule has 0 saturated carbocycles. The molecule has 1 atom stereocenters. The number of carbonyl (C=O) groups is 1. The number of aromatic hydroxyl groups is 1. The third kappa shape index (κ3) is 2.58. The number of carbonyl (C=O) groups excluding carboxylic acids is 1. The number of hydrogen-bond donors (Lipinski definition) is 2. The number of nitrogens with zero attached hydrogens (tertiary/aromatic N) is 1. The van der Waals surface area contributed by atoms with Gasteiger partial charge in [-0.25, -0.2) is 0 Å². The minimum absolute atomic E-state index is 0.0103. The van der Waals surface area contributed by atoms with Gasteiger partial charge in [-0.15, -0.1) is 0 Å². The Morgan fingerprint density at radius 3 is 3.00 bits per heavy atom. The highest BCUT2D eigenvalue weighted by molar-refractivity contribution is 5.95. The molecule has 1 aromatic carbocycles. The Morgan fingerprint density at radius 2 is 2.33 bits per heavy atom. The first-order valence-electron chi connectivity index (χ1n) is 6.49. The minimum atomic E-state index is -0.0230. The van der Waals surface area contributed by atoms with Crippen LogP contribution < -0.4 is 5.73 Å². The minimum Gasteiger partial charge on any atom is -0.506 e. The second-order valence-corrected chi connectivity index (χ2v) is 4.97. The molecule has 4 nitrogen and oxygen atoms in total. The van der Waals surface area contributed by atoms with Crippen molar-refractivity contribution in [2.75, 3.05) is 18.8 Å². The molecule has 4 heteroatoms. The van der Waals surface area contributed by atoms with Gasteiger partial charge in [-0.05, 0) is 37.0 Å². The number of anilines is 1. The van der Waals surface area contributed by atoms with Crippen LogP contribution in [0.5, 0.6) is 5.75 Å². The first kappa shape index (κ1) is 12.7. The van der Waals surface area contributed by atoms with E-state index in [0.29, 0.717) is 17.2 Å². The maximum atomic E-state index is 12.2. The lowest BCUT2D eigenvalue weighted by molar-refractivity contribution is 0.0786. The van der Waals surface area contributed by atoms with E-state index in [4.69, 9.17) is 5.73 Å². The molecule has 0 aromatic heterocycles. The molecule has 1 unspecified atom stereocenters. The van der Waals surface area contributed by atoms with E-state index in [0.717, 1.165) is 25.9 Å². The molecule has 0 radical (unpaired) electrons. The van der Waals surface area contributed by atoms with Crippen molar-refractivity contribution < 1.29 is 9.90 Å². The van der Waals surface area contributed by atoms with E-state index in [1.54, 1.807) is 12.1 Å². The van der Waals surface area contributed by atoms with E-state index in [1.165, 1.54) is 12.5 Å². The smallest absolute Gasteiger partial charge is 0.253 e. The predicted molar refractivity (Wildman–Crippen MR) is 71.4 cm³/mol. The van der Waals surface area contributed by atoms with Crippen molar-refractivity contribution >= 4 is 11.6 Å². The fourth-order valence-electron chi connectivity index (χ4n) is 2.52. The largest absolute Gasteiger partial charge is 0.506 e. The van der Waals surface area contributed by atoms with Crippen LogP contribution in [0.25, 0.3) is 0 Å². The number of nitrogens with two attached hydrogens (primary N) is 1. The van der Waals surface area contributed by atoms with Gasteiger partial charge in [0.05, 0.1) is 5.69 Å². The number of benzene rings is 1. The van der Waals surface area contributed by atoms with E-state index in [2.05, 4.69) is 6.92 Å². The van der Waals surface area contributed by atoms with E-state index in [-0.39, 0.29) is 11.7 Å². The lowest BCUT2D eigenvalue weighted by Gasteiger charge is -2.16. The lowest BCUT2D eigenvalue weighted by Crippen LogP contribution is -2.28. The van der Waals surface area contributed by atoms with Gasteiger partial charge in [0.1, 0.15) is 5.75 Å². The van der Waals surface area contributed by atoms with Crippen molar-refractivity contribution in [1.82, 2.24) is 4.90 Å². The van der Waals surface area contributed by atoms with Crippen LogP contribution in [-0.2, 0) is 0 Å². The van der Waals surface area contributed by atoms with Crippen molar-refractivity contribution in [3.05, 3.63) is 23.8 Å². The van der Waals surface area contributed by atoms with Gasteiger partial charge in [0.15, 0.2) is 0 Å². The maximum Gasteiger partial charge on any atom is 0.253 e. The zero-order chi connectivity index (χ0) is 13.1. The molecule has 3 N–H and O–H groups in total. The quantitative estimate of drug-likeness (QED) is 0.636. The first-order valence-corrected chi connectivity index (χ1v) is 6.49. The molecule has 1 amide bonds. The summed E-state index contributed by atoms with van der Waals surface area (Å²) in [4.78, 5) is 14.1. The lowest BCUT2D eigenvalue weighted by atomic mass is 10.0. The van der Waals surface area contributed by atoms with Gasteiger partial charge in [-0.2, -0.15) is 0 Å². The summed E-state index contributed by atoms with van der Waals surface area (Å²) < 4.78 is 0. The maximum absolute atomic E-state index is 12.2. The molecule has 0 spiro atoms. The van der Waals surface area contributed by atoms with Crippen LogP contribution >= 0.6 is 0 Å². The summed E-state index contributed by atoms with van der Waals surface area (Å²) in [6.07, 6.45) is 3.42. The van der Waals surface area contributed by atoms with E-state index >= 15 is 0 Å². The summed E-state index contributed by atoms with van der Waals surface area (Å²) >= 11 is 0. The topological polar surface area (TPSA) is 66.6 Å². The zero-order valence-electron chi connectivity index (χ0n) is 10.7. The van der Waals surface area contributed by atoms with Gasteiger partial charge in [0.25, 0.3) is 5.91 Å².